The van der Waals surface area contributed by atoms with Crippen molar-refractivity contribution in [1.29, 1.82) is 0 Å². The Labute approximate surface area is 109 Å². The summed E-state index contributed by atoms with van der Waals surface area (Å²) in [5.41, 5.74) is 2.42. The maximum atomic E-state index is 11.6. The molecule has 0 radical (unpaired) electrons. The van der Waals surface area contributed by atoms with E-state index >= 15 is 0 Å². The zero-order valence-electron chi connectivity index (χ0n) is 10.3. The molecule has 0 aliphatic rings. The Hall–Kier alpha value is -2.56. The molecule has 0 fully saturated rings. The minimum absolute atomic E-state index is 0.216. The van der Waals surface area contributed by atoms with Gasteiger partial charge in [0, 0.05) is 5.56 Å². The molecular formula is C14H12N2O3. The van der Waals surface area contributed by atoms with Crippen LogP contribution in [-0.4, -0.2) is 22.5 Å². The van der Waals surface area contributed by atoms with E-state index in [1.54, 1.807) is 13.2 Å². The predicted octanol–water partition coefficient (Wildman–Crippen LogP) is 3.00. The number of fused-ring (bicyclic) bond motifs is 1. The highest BCUT2D eigenvalue weighted by atomic mass is 16.5. The molecule has 3 aromatic rings. The number of esters is 1. The molecule has 2 aromatic heterocycles. The highest BCUT2D eigenvalue weighted by molar-refractivity contribution is 5.91. The number of benzene rings is 1. The normalized spacial score (nSPS) is 10.8. The Kier molecular flexibility index (Phi) is 2.79. The number of rotatable bonds is 3. The van der Waals surface area contributed by atoms with Crippen LogP contribution in [0.4, 0.5) is 0 Å². The second-order valence-corrected chi connectivity index (χ2v) is 4.02. The number of carbonyl (C=O) groups excluding carboxylic acids is 1. The lowest BCUT2D eigenvalue weighted by molar-refractivity contribution is 0.0514. The first-order valence-corrected chi connectivity index (χ1v) is 5.98. The first-order chi connectivity index (χ1) is 9.28. The van der Waals surface area contributed by atoms with Gasteiger partial charge in [0.2, 0.25) is 5.82 Å². The number of H-pyrrole nitrogens is 1. The van der Waals surface area contributed by atoms with E-state index in [4.69, 9.17) is 9.15 Å². The van der Waals surface area contributed by atoms with Gasteiger partial charge in [0.1, 0.15) is 5.76 Å². The fourth-order valence-corrected chi connectivity index (χ4v) is 1.90. The summed E-state index contributed by atoms with van der Waals surface area (Å²) in [5.74, 6) is 0.542. The standard InChI is InChI=1S/C14H12N2O3/c1-2-18-14(17)13-15-10-6-5-9(8-11(10)16-13)12-4-3-7-19-12/h3-8H,2H2,1H3,(H,15,16). The van der Waals surface area contributed by atoms with Gasteiger partial charge in [-0.05, 0) is 37.3 Å². The molecule has 19 heavy (non-hydrogen) atoms. The van der Waals surface area contributed by atoms with Crippen molar-refractivity contribution in [2.24, 2.45) is 0 Å². The van der Waals surface area contributed by atoms with E-state index in [9.17, 15) is 4.79 Å². The van der Waals surface area contributed by atoms with E-state index in [-0.39, 0.29) is 5.82 Å². The van der Waals surface area contributed by atoms with Gasteiger partial charge < -0.3 is 14.1 Å². The molecule has 2 heterocycles. The summed E-state index contributed by atoms with van der Waals surface area (Å²) in [6.45, 7) is 2.09. The highest BCUT2D eigenvalue weighted by Gasteiger charge is 2.13. The van der Waals surface area contributed by atoms with Crippen molar-refractivity contribution >= 4 is 17.0 Å². The van der Waals surface area contributed by atoms with Crippen molar-refractivity contribution < 1.29 is 13.9 Å². The molecule has 0 amide bonds. The molecule has 0 aliphatic carbocycles. The van der Waals surface area contributed by atoms with E-state index in [2.05, 4.69) is 9.97 Å². The molecule has 0 aliphatic heterocycles. The topological polar surface area (TPSA) is 68.1 Å². The number of aromatic nitrogens is 2. The van der Waals surface area contributed by atoms with Gasteiger partial charge in [-0.1, -0.05) is 0 Å². The van der Waals surface area contributed by atoms with Gasteiger partial charge in [-0.3, -0.25) is 0 Å². The molecule has 5 nitrogen and oxygen atoms in total. The molecule has 0 bridgehead atoms. The van der Waals surface area contributed by atoms with Gasteiger partial charge in [-0.2, -0.15) is 0 Å². The molecule has 0 spiro atoms. The second-order valence-electron chi connectivity index (χ2n) is 4.02. The maximum absolute atomic E-state index is 11.6. The number of aromatic amines is 1. The average molecular weight is 256 g/mol. The van der Waals surface area contributed by atoms with Crippen molar-refractivity contribution in [3.8, 4) is 11.3 Å². The van der Waals surface area contributed by atoms with Crippen LogP contribution in [0.1, 0.15) is 17.5 Å². The molecule has 0 atom stereocenters. The quantitative estimate of drug-likeness (QED) is 0.731. The van der Waals surface area contributed by atoms with Crippen LogP contribution in [0.2, 0.25) is 0 Å². The molecule has 3 rings (SSSR count). The third-order valence-corrected chi connectivity index (χ3v) is 2.76. The Morgan fingerprint density at radius 1 is 1.42 bits per heavy atom. The summed E-state index contributed by atoms with van der Waals surface area (Å²) in [4.78, 5) is 18.7. The average Bonchev–Trinajstić information content (AvgIpc) is 3.07. The number of nitrogens with zero attached hydrogens (tertiary/aromatic N) is 1. The van der Waals surface area contributed by atoms with Gasteiger partial charge in [0.15, 0.2) is 0 Å². The van der Waals surface area contributed by atoms with Crippen molar-refractivity contribution in [3.05, 3.63) is 42.4 Å². The highest BCUT2D eigenvalue weighted by Crippen LogP contribution is 2.23. The van der Waals surface area contributed by atoms with E-state index in [0.29, 0.717) is 6.61 Å². The lowest BCUT2D eigenvalue weighted by Crippen LogP contribution is -2.06. The van der Waals surface area contributed by atoms with Crippen LogP contribution in [0.25, 0.3) is 22.4 Å². The number of carbonyl (C=O) groups is 1. The number of imidazole rings is 1. The second kappa shape index (κ2) is 4.61. The Morgan fingerprint density at radius 3 is 3.05 bits per heavy atom. The lowest BCUT2D eigenvalue weighted by atomic mass is 10.1. The zero-order chi connectivity index (χ0) is 13.2. The Morgan fingerprint density at radius 2 is 2.32 bits per heavy atom. The summed E-state index contributed by atoms with van der Waals surface area (Å²) < 4.78 is 10.2. The summed E-state index contributed by atoms with van der Waals surface area (Å²) in [5, 5.41) is 0. The van der Waals surface area contributed by atoms with E-state index in [1.807, 2.05) is 30.3 Å². The summed E-state index contributed by atoms with van der Waals surface area (Å²) >= 11 is 0. The molecule has 1 aromatic carbocycles. The Bertz CT molecular complexity index is 713. The van der Waals surface area contributed by atoms with E-state index in [1.165, 1.54) is 0 Å². The van der Waals surface area contributed by atoms with Gasteiger partial charge in [0.25, 0.3) is 0 Å². The maximum Gasteiger partial charge on any atom is 0.374 e. The van der Waals surface area contributed by atoms with Gasteiger partial charge in [-0.25, -0.2) is 9.78 Å². The smallest absolute Gasteiger partial charge is 0.374 e. The summed E-state index contributed by atoms with van der Waals surface area (Å²) in [6, 6.07) is 9.34. The minimum atomic E-state index is -0.446. The van der Waals surface area contributed by atoms with Gasteiger partial charge in [0.05, 0.1) is 23.9 Å². The van der Waals surface area contributed by atoms with Crippen LogP contribution in [0.15, 0.2) is 41.0 Å². The molecule has 5 heteroatoms. The van der Waals surface area contributed by atoms with Crippen LogP contribution in [-0.2, 0) is 4.74 Å². The molecular weight excluding hydrogens is 244 g/mol. The molecule has 96 valence electrons. The van der Waals surface area contributed by atoms with E-state index in [0.717, 1.165) is 22.4 Å². The Balaban J connectivity index is 2.02. The predicted molar refractivity (Wildman–Crippen MR) is 69.8 cm³/mol. The first-order valence-electron chi connectivity index (χ1n) is 5.98. The van der Waals surface area contributed by atoms with Crippen LogP contribution in [0.3, 0.4) is 0 Å². The first kappa shape index (κ1) is 11.5. The van der Waals surface area contributed by atoms with Crippen molar-refractivity contribution in [1.82, 2.24) is 9.97 Å². The number of hydrogen-bond acceptors (Lipinski definition) is 4. The molecule has 1 N–H and O–H groups in total. The van der Waals surface area contributed by atoms with E-state index < -0.39 is 5.97 Å². The van der Waals surface area contributed by atoms with Crippen LogP contribution >= 0.6 is 0 Å². The summed E-state index contributed by atoms with van der Waals surface area (Å²) in [6.07, 6.45) is 1.62. The van der Waals surface area contributed by atoms with Crippen molar-refractivity contribution in [2.45, 2.75) is 6.92 Å². The van der Waals surface area contributed by atoms with Crippen molar-refractivity contribution in [3.63, 3.8) is 0 Å². The lowest BCUT2D eigenvalue weighted by Gasteiger charge is -1.96. The van der Waals surface area contributed by atoms with Gasteiger partial charge in [-0.15, -0.1) is 0 Å². The van der Waals surface area contributed by atoms with Crippen LogP contribution in [0.5, 0.6) is 0 Å². The third-order valence-electron chi connectivity index (χ3n) is 2.76. The third kappa shape index (κ3) is 2.10. The fourth-order valence-electron chi connectivity index (χ4n) is 1.90. The number of furan rings is 1. The van der Waals surface area contributed by atoms with Crippen molar-refractivity contribution in [2.75, 3.05) is 6.61 Å². The number of ether oxygens (including phenoxy) is 1. The SMILES string of the molecule is CCOC(=O)c1nc2ccc(-c3ccco3)cc2[nH]1. The van der Waals surface area contributed by atoms with Gasteiger partial charge >= 0.3 is 5.97 Å². The number of nitrogens with one attached hydrogen (secondary N) is 1. The molecule has 0 saturated heterocycles. The molecule has 0 saturated carbocycles. The zero-order valence-corrected chi connectivity index (χ0v) is 10.3. The van der Waals surface area contributed by atoms with Crippen LogP contribution < -0.4 is 0 Å². The minimum Gasteiger partial charge on any atom is -0.464 e. The monoisotopic (exact) mass is 256 g/mol. The van der Waals surface area contributed by atoms with Crippen LogP contribution in [0, 0.1) is 0 Å². The number of hydrogen-bond donors (Lipinski definition) is 1. The molecule has 0 unspecified atom stereocenters. The largest absolute Gasteiger partial charge is 0.464 e. The summed E-state index contributed by atoms with van der Waals surface area (Å²) in [7, 11) is 0. The fraction of sp³-hybridized carbons (Fsp3) is 0.143.